The maximum Gasteiger partial charge on any atom is 0.259 e. The lowest BCUT2D eigenvalue weighted by atomic mass is 10.2. The van der Waals surface area contributed by atoms with Gasteiger partial charge in [0.2, 0.25) is 10.0 Å². The zero-order chi connectivity index (χ0) is 21.4. The summed E-state index contributed by atoms with van der Waals surface area (Å²) >= 11 is 0. The summed E-state index contributed by atoms with van der Waals surface area (Å²) in [4.78, 5) is 25.3. The van der Waals surface area contributed by atoms with Crippen LogP contribution in [0.3, 0.4) is 0 Å². The maximum absolute atomic E-state index is 12.4. The second kappa shape index (κ2) is 9.73. The Hall–Kier alpha value is -3.35. The molecule has 2 N–H and O–H groups in total. The van der Waals surface area contributed by atoms with Crippen LogP contribution in [0.5, 0.6) is 5.75 Å². The van der Waals surface area contributed by atoms with E-state index >= 15 is 0 Å². The largest absolute Gasteiger partial charge is 0.484 e. The summed E-state index contributed by atoms with van der Waals surface area (Å²) in [5.74, 6) is 2.02. The van der Waals surface area contributed by atoms with Crippen molar-refractivity contribution in [2.24, 2.45) is 0 Å². The van der Waals surface area contributed by atoms with Crippen LogP contribution in [-0.4, -0.2) is 52.4 Å². The fourth-order valence-corrected chi connectivity index (χ4v) is 3.12. The van der Waals surface area contributed by atoms with E-state index in [9.17, 15) is 18.0 Å². The van der Waals surface area contributed by atoms with Crippen molar-refractivity contribution in [3.8, 4) is 18.1 Å². The van der Waals surface area contributed by atoms with E-state index in [1.54, 1.807) is 38.4 Å². The number of nitrogens with zero attached hydrogens (tertiary/aromatic N) is 1. The van der Waals surface area contributed by atoms with Crippen molar-refractivity contribution in [3.63, 3.8) is 0 Å². The number of likely N-dealkylation sites (N-methyl/N-ethyl adjacent to an activating group) is 1. The predicted octanol–water partition coefficient (Wildman–Crippen LogP) is 1.32. The molecule has 2 amide bonds. The molecule has 0 saturated carbocycles. The lowest BCUT2D eigenvalue weighted by Crippen LogP contribution is -2.27. The molecule has 0 fully saturated rings. The highest BCUT2D eigenvalue weighted by Gasteiger charge is 2.15. The number of ether oxygens (including phenoxy) is 1. The van der Waals surface area contributed by atoms with Crippen molar-refractivity contribution in [1.29, 1.82) is 0 Å². The molecule has 0 aliphatic rings. The van der Waals surface area contributed by atoms with Gasteiger partial charge in [0.1, 0.15) is 5.75 Å². The quantitative estimate of drug-likeness (QED) is 0.633. The van der Waals surface area contributed by atoms with Crippen LogP contribution >= 0.6 is 0 Å². The molecule has 2 aromatic carbocycles. The third-order valence-electron chi connectivity index (χ3n) is 3.74. The first-order chi connectivity index (χ1) is 13.7. The molecule has 152 valence electrons. The van der Waals surface area contributed by atoms with Gasteiger partial charge in [-0.1, -0.05) is 12.0 Å². The Morgan fingerprint density at radius 2 is 1.83 bits per heavy atom. The number of anilines is 1. The van der Waals surface area contributed by atoms with Crippen LogP contribution in [0.1, 0.15) is 10.4 Å². The average molecular weight is 415 g/mol. The maximum atomic E-state index is 12.4. The van der Waals surface area contributed by atoms with Gasteiger partial charge < -0.3 is 15.0 Å². The molecule has 0 radical (unpaired) electrons. The van der Waals surface area contributed by atoms with Gasteiger partial charge in [-0.3, -0.25) is 9.59 Å². The lowest BCUT2D eigenvalue weighted by Gasteiger charge is -2.12. The van der Waals surface area contributed by atoms with Crippen molar-refractivity contribution >= 4 is 27.5 Å². The molecule has 9 heteroatoms. The van der Waals surface area contributed by atoms with Crippen LogP contribution in [0.15, 0.2) is 53.4 Å². The summed E-state index contributed by atoms with van der Waals surface area (Å²) in [5, 5.41) is 2.67. The number of hydrogen-bond donors (Lipinski definition) is 2. The minimum absolute atomic E-state index is 0.0605. The Kier molecular flexibility index (Phi) is 7.36. The zero-order valence-electron chi connectivity index (χ0n) is 16.0. The number of benzene rings is 2. The van der Waals surface area contributed by atoms with Gasteiger partial charge >= 0.3 is 0 Å². The molecule has 2 rings (SSSR count). The van der Waals surface area contributed by atoms with Crippen LogP contribution in [-0.2, 0) is 14.8 Å². The standard InChI is InChI=1S/C20H21N3O5S/c1-4-12-21-29(26,27)18-7-5-6-15(13-18)20(25)22-16-8-10-17(11-9-16)28-14-19(24)23(2)3/h1,5-11,13,21H,12,14H2,2-3H3,(H,22,25). The number of nitrogens with one attached hydrogen (secondary N) is 2. The molecular weight excluding hydrogens is 394 g/mol. The van der Waals surface area contributed by atoms with Crippen molar-refractivity contribution in [3.05, 3.63) is 54.1 Å². The minimum Gasteiger partial charge on any atom is -0.484 e. The van der Waals surface area contributed by atoms with E-state index in [0.29, 0.717) is 11.4 Å². The summed E-state index contributed by atoms with van der Waals surface area (Å²) in [6.07, 6.45) is 5.07. The molecular formula is C20H21N3O5S. The van der Waals surface area contributed by atoms with Crippen molar-refractivity contribution in [1.82, 2.24) is 9.62 Å². The second-order valence-electron chi connectivity index (χ2n) is 6.11. The second-order valence-corrected chi connectivity index (χ2v) is 7.88. The molecule has 29 heavy (non-hydrogen) atoms. The Morgan fingerprint density at radius 3 is 2.45 bits per heavy atom. The number of amides is 2. The first-order valence-corrected chi connectivity index (χ1v) is 9.99. The molecule has 0 heterocycles. The van der Waals surface area contributed by atoms with Crippen LogP contribution in [0.2, 0.25) is 0 Å². The summed E-state index contributed by atoms with van der Waals surface area (Å²) in [7, 11) is -0.527. The fourth-order valence-electron chi connectivity index (χ4n) is 2.14. The molecule has 8 nitrogen and oxygen atoms in total. The van der Waals surface area contributed by atoms with Crippen LogP contribution in [0, 0.1) is 12.3 Å². The Balaban J connectivity index is 2.04. The van der Waals surface area contributed by atoms with Gasteiger partial charge in [0.15, 0.2) is 6.61 Å². The zero-order valence-corrected chi connectivity index (χ0v) is 16.8. The first kappa shape index (κ1) is 21.9. The molecule has 0 aliphatic carbocycles. The van der Waals surface area contributed by atoms with E-state index in [4.69, 9.17) is 11.2 Å². The van der Waals surface area contributed by atoms with E-state index in [1.807, 2.05) is 0 Å². The molecule has 0 spiro atoms. The van der Waals surface area contributed by atoms with Crippen molar-refractivity contribution in [2.75, 3.05) is 32.6 Å². The highest BCUT2D eigenvalue weighted by Crippen LogP contribution is 2.18. The van der Waals surface area contributed by atoms with Gasteiger partial charge in [0.25, 0.3) is 11.8 Å². The fraction of sp³-hybridized carbons (Fsp3) is 0.200. The highest BCUT2D eigenvalue weighted by molar-refractivity contribution is 7.89. The van der Waals surface area contributed by atoms with E-state index in [1.165, 1.54) is 29.2 Å². The predicted molar refractivity (Wildman–Crippen MR) is 109 cm³/mol. The van der Waals surface area contributed by atoms with Gasteiger partial charge in [-0.05, 0) is 42.5 Å². The number of rotatable bonds is 8. The summed E-state index contributed by atoms with van der Waals surface area (Å²) < 4.78 is 31.9. The third-order valence-corrected chi connectivity index (χ3v) is 5.14. The van der Waals surface area contributed by atoms with Gasteiger partial charge in [-0.2, -0.15) is 4.72 Å². The number of hydrogen-bond acceptors (Lipinski definition) is 5. The number of carbonyl (C=O) groups excluding carboxylic acids is 2. The topological polar surface area (TPSA) is 105 Å². The van der Waals surface area contributed by atoms with Crippen LogP contribution in [0.4, 0.5) is 5.69 Å². The molecule has 0 bridgehead atoms. The number of terminal acetylenes is 1. The molecule has 2 aromatic rings. The van der Waals surface area contributed by atoms with E-state index in [0.717, 1.165) is 0 Å². The Labute approximate surface area is 169 Å². The molecule has 0 atom stereocenters. The van der Waals surface area contributed by atoms with Crippen molar-refractivity contribution < 1.29 is 22.7 Å². The molecule has 0 saturated heterocycles. The SMILES string of the molecule is C#CCNS(=O)(=O)c1cccc(C(=O)Nc2ccc(OCC(=O)N(C)C)cc2)c1. The lowest BCUT2D eigenvalue weighted by molar-refractivity contribution is -0.130. The summed E-state index contributed by atoms with van der Waals surface area (Å²) in [6, 6.07) is 12.1. The Morgan fingerprint density at radius 1 is 1.14 bits per heavy atom. The van der Waals surface area contributed by atoms with Crippen LogP contribution in [0.25, 0.3) is 0 Å². The molecule has 0 unspecified atom stereocenters. The summed E-state index contributed by atoms with van der Waals surface area (Å²) in [5.41, 5.74) is 0.658. The summed E-state index contributed by atoms with van der Waals surface area (Å²) in [6.45, 7) is -0.235. The molecule has 0 aliphatic heterocycles. The normalized spacial score (nSPS) is 10.7. The van der Waals surface area contributed by atoms with Gasteiger partial charge in [-0.15, -0.1) is 6.42 Å². The monoisotopic (exact) mass is 415 g/mol. The number of sulfonamides is 1. The Bertz CT molecular complexity index is 1020. The van der Waals surface area contributed by atoms with Gasteiger partial charge in [0.05, 0.1) is 11.4 Å². The minimum atomic E-state index is -3.80. The smallest absolute Gasteiger partial charge is 0.259 e. The first-order valence-electron chi connectivity index (χ1n) is 8.50. The average Bonchev–Trinajstić information content (AvgIpc) is 2.71. The van der Waals surface area contributed by atoms with Gasteiger partial charge in [-0.25, -0.2) is 8.42 Å². The van der Waals surface area contributed by atoms with E-state index < -0.39 is 15.9 Å². The van der Waals surface area contributed by atoms with E-state index in [-0.39, 0.29) is 29.5 Å². The van der Waals surface area contributed by atoms with Crippen molar-refractivity contribution in [2.45, 2.75) is 4.90 Å². The highest BCUT2D eigenvalue weighted by atomic mass is 32.2. The van der Waals surface area contributed by atoms with Gasteiger partial charge in [0, 0.05) is 25.3 Å². The number of carbonyl (C=O) groups is 2. The molecule has 0 aromatic heterocycles. The van der Waals surface area contributed by atoms with E-state index in [2.05, 4.69) is 16.0 Å². The third kappa shape index (κ3) is 6.34. The van der Waals surface area contributed by atoms with Crippen LogP contribution < -0.4 is 14.8 Å².